The summed E-state index contributed by atoms with van der Waals surface area (Å²) in [5.74, 6) is -0.954. The van der Waals surface area contributed by atoms with Crippen LogP contribution in [-0.4, -0.2) is 27.4 Å². The molecule has 0 saturated heterocycles. The Morgan fingerprint density at radius 2 is 1.79 bits per heavy atom. The van der Waals surface area contributed by atoms with Crippen molar-refractivity contribution in [3.8, 4) is 0 Å². The SMILES string of the molecule is CCn1c(=O)c(C)nc2cc(C(=O)O[C@@H](C)C(=O)c3ccc(Cl)cc3)ccc21. The average molecular weight is 399 g/mol. The van der Waals surface area contributed by atoms with E-state index in [2.05, 4.69) is 4.98 Å². The average Bonchev–Trinajstić information content (AvgIpc) is 2.68. The first kappa shape index (κ1) is 19.8. The topological polar surface area (TPSA) is 78.3 Å². The van der Waals surface area contributed by atoms with Gasteiger partial charge in [0.2, 0.25) is 5.78 Å². The smallest absolute Gasteiger partial charge is 0.338 e. The molecule has 0 aliphatic carbocycles. The number of nitrogens with zero attached hydrogens (tertiary/aromatic N) is 2. The Morgan fingerprint density at radius 3 is 2.43 bits per heavy atom. The lowest BCUT2D eigenvalue weighted by Gasteiger charge is -2.13. The van der Waals surface area contributed by atoms with Crippen LogP contribution < -0.4 is 5.56 Å². The van der Waals surface area contributed by atoms with E-state index in [1.54, 1.807) is 54.0 Å². The number of halogens is 1. The van der Waals surface area contributed by atoms with Crippen LogP contribution in [0.5, 0.6) is 0 Å². The molecular weight excluding hydrogens is 380 g/mol. The maximum atomic E-state index is 12.5. The van der Waals surface area contributed by atoms with Crippen molar-refractivity contribution in [2.75, 3.05) is 0 Å². The quantitative estimate of drug-likeness (QED) is 0.482. The third-order valence-electron chi connectivity index (χ3n) is 4.44. The van der Waals surface area contributed by atoms with Gasteiger partial charge in [0.15, 0.2) is 6.10 Å². The van der Waals surface area contributed by atoms with Crippen LogP contribution in [-0.2, 0) is 11.3 Å². The molecule has 1 atom stereocenters. The van der Waals surface area contributed by atoms with E-state index in [0.717, 1.165) is 0 Å². The zero-order valence-electron chi connectivity index (χ0n) is 15.7. The van der Waals surface area contributed by atoms with Crippen LogP contribution in [0.1, 0.15) is 40.3 Å². The molecule has 1 heterocycles. The van der Waals surface area contributed by atoms with E-state index in [1.165, 1.54) is 6.92 Å². The molecule has 3 rings (SSSR count). The fraction of sp³-hybridized carbons (Fsp3) is 0.238. The van der Waals surface area contributed by atoms with Gasteiger partial charge in [-0.1, -0.05) is 11.6 Å². The Bertz CT molecular complexity index is 1120. The van der Waals surface area contributed by atoms with Crippen LogP contribution in [0.3, 0.4) is 0 Å². The van der Waals surface area contributed by atoms with Gasteiger partial charge in [-0.25, -0.2) is 9.78 Å². The normalized spacial score (nSPS) is 12.0. The van der Waals surface area contributed by atoms with Gasteiger partial charge in [0.25, 0.3) is 5.56 Å². The van der Waals surface area contributed by atoms with Gasteiger partial charge in [0, 0.05) is 17.1 Å². The molecule has 0 aliphatic heterocycles. The molecule has 0 bridgehead atoms. The highest BCUT2D eigenvalue weighted by Crippen LogP contribution is 2.17. The number of carbonyl (C=O) groups is 2. The number of hydrogen-bond donors (Lipinski definition) is 0. The van der Waals surface area contributed by atoms with Gasteiger partial charge in [-0.2, -0.15) is 0 Å². The third kappa shape index (κ3) is 3.82. The van der Waals surface area contributed by atoms with E-state index >= 15 is 0 Å². The van der Waals surface area contributed by atoms with Crippen molar-refractivity contribution in [3.63, 3.8) is 0 Å². The fourth-order valence-corrected chi connectivity index (χ4v) is 3.07. The molecule has 2 aromatic carbocycles. The van der Waals surface area contributed by atoms with Crippen molar-refractivity contribution in [2.24, 2.45) is 0 Å². The van der Waals surface area contributed by atoms with E-state index < -0.39 is 12.1 Å². The standard InChI is InChI=1S/C21H19ClN2O4/c1-4-24-18-10-7-15(11-17(18)23-12(2)20(24)26)21(27)28-13(3)19(25)14-5-8-16(22)9-6-14/h5-11,13H,4H2,1-3H3/t13-/m0/s1. The molecule has 3 aromatic rings. The van der Waals surface area contributed by atoms with Crippen molar-refractivity contribution in [3.05, 3.63) is 74.7 Å². The van der Waals surface area contributed by atoms with E-state index in [1.807, 2.05) is 6.92 Å². The summed E-state index contributed by atoms with van der Waals surface area (Å²) in [7, 11) is 0. The minimum atomic E-state index is -0.955. The molecular formula is C21H19ClN2O4. The molecule has 0 unspecified atom stereocenters. The van der Waals surface area contributed by atoms with Crippen molar-refractivity contribution in [2.45, 2.75) is 33.4 Å². The molecule has 28 heavy (non-hydrogen) atoms. The van der Waals surface area contributed by atoms with Crippen LogP contribution >= 0.6 is 11.6 Å². The first-order valence-electron chi connectivity index (χ1n) is 8.83. The minimum Gasteiger partial charge on any atom is -0.451 e. The van der Waals surface area contributed by atoms with Gasteiger partial charge < -0.3 is 9.30 Å². The number of carbonyl (C=O) groups excluding carboxylic acids is 2. The number of benzene rings is 2. The van der Waals surface area contributed by atoms with Crippen LogP contribution in [0.15, 0.2) is 47.3 Å². The maximum absolute atomic E-state index is 12.5. The highest BCUT2D eigenvalue weighted by molar-refractivity contribution is 6.30. The first-order chi connectivity index (χ1) is 13.3. The summed E-state index contributed by atoms with van der Waals surface area (Å²) >= 11 is 5.83. The van der Waals surface area contributed by atoms with E-state index in [9.17, 15) is 14.4 Å². The molecule has 0 radical (unpaired) electrons. The number of aryl methyl sites for hydroxylation is 2. The second kappa shape index (κ2) is 7.94. The molecule has 0 saturated carbocycles. The predicted molar refractivity (Wildman–Crippen MR) is 107 cm³/mol. The number of esters is 1. The number of ether oxygens (including phenoxy) is 1. The molecule has 1 aromatic heterocycles. The second-order valence-corrected chi connectivity index (χ2v) is 6.81. The van der Waals surface area contributed by atoms with Gasteiger partial charge in [0.1, 0.15) is 5.69 Å². The number of aromatic nitrogens is 2. The highest BCUT2D eigenvalue weighted by Gasteiger charge is 2.21. The number of Topliss-reactive ketones (excluding diaryl/α,β-unsaturated/α-hetero) is 1. The number of ketones is 1. The molecule has 0 spiro atoms. The van der Waals surface area contributed by atoms with E-state index in [-0.39, 0.29) is 16.9 Å². The molecule has 0 N–H and O–H groups in total. The fourth-order valence-electron chi connectivity index (χ4n) is 2.95. The molecule has 0 amide bonds. The van der Waals surface area contributed by atoms with Gasteiger partial charge in [-0.15, -0.1) is 0 Å². The summed E-state index contributed by atoms with van der Waals surface area (Å²) in [6.07, 6.45) is -0.955. The van der Waals surface area contributed by atoms with E-state index in [0.29, 0.717) is 33.9 Å². The Balaban J connectivity index is 1.85. The van der Waals surface area contributed by atoms with Gasteiger partial charge in [-0.05, 0) is 63.2 Å². The lowest BCUT2D eigenvalue weighted by molar-refractivity contribution is 0.0319. The summed E-state index contributed by atoms with van der Waals surface area (Å²) in [6.45, 7) is 5.51. The van der Waals surface area contributed by atoms with Crippen LogP contribution in [0.2, 0.25) is 5.02 Å². The van der Waals surface area contributed by atoms with Crippen LogP contribution in [0, 0.1) is 6.92 Å². The third-order valence-corrected chi connectivity index (χ3v) is 4.69. The molecule has 144 valence electrons. The Labute approximate surface area is 166 Å². The lowest BCUT2D eigenvalue weighted by atomic mass is 10.1. The predicted octanol–water partition coefficient (Wildman–Crippen LogP) is 3.81. The molecule has 6 nitrogen and oxygen atoms in total. The molecule has 0 fully saturated rings. The Kier molecular flexibility index (Phi) is 5.61. The van der Waals surface area contributed by atoms with Crippen LogP contribution in [0.25, 0.3) is 11.0 Å². The first-order valence-corrected chi connectivity index (χ1v) is 9.21. The zero-order chi connectivity index (χ0) is 20.4. The Morgan fingerprint density at radius 1 is 1.14 bits per heavy atom. The van der Waals surface area contributed by atoms with Crippen LogP contribution in [0.4, 0.5) is 0 Å². The zero-order valence-corrected chi connectivity index (χ0v) is 16.5. The van der Waals surface area contributed by atoms with Gasteiger partial charge >= 0.3 is 5.97 Å². The summed E-state index contributed by atoms with van der Waals surface area (Å²) in [6, 6.07) is 11.2. The van der Waals surface area contributed by atoms with E-state index in [4.69, 9.17) is 16.3 Å². The van der Waals surface area contributed by atoms with Crippen molar-refractivity contribution in [1.29, 1.82) is 0 Å². The summed E-state index contributed by atoms with van der Waals surface area (Å²) in [5, 5.41) is 0.519. The maximum Gasteiger partial charge on any atom is 0.338 e. The summed E-state index contributed by atoms with van der Waals surface area (Å²) < 4.78 is 6.92. The highest BCUT2D eigenvalue weighted by atomic mass is 35.5. The van der Waals surface area contributed by atoms with Crippen molar-refractivity contribution in [1.82, 2.24) is 9.55 Å². The summed E-state index contributed by atoms with van der Waals surface area (Å²) in [4.78, 5) is 41.4. The van der Waals surface area contributed by atoms with Gasteiger partial charge in [-0.3, -0.25) is 9.59 Å². The number of fused-ring (bicyclic) bond motifs is 1. The molecule has 7 heteroatoms. The number of rotatable bonds is 5. The number of hydrogen-bond acceptors (Lipinski definition) is 5. The van der Waals surface area contributed by atoms with Gasteiger partial charge in [0.05, 0.1) is 16.6 Å². The molecule has 0 aliphatic rings. The van der Waals surface area contributed by atoms with Crippen molar-refractivity contribution >= 4 is 34.4 Å². The minimum absolute atomic E-state index is 0.160. The Hall–Kier alpha value is -2.99. The lowest BCUT2D eigenvalue weighted by Crippen LogP contribution is -2.25. The largest absolute Gasteiger partial charge is 0.451 e. The summed E-state index contributed by atoms with van der Waals surface area (Å²) in [5.41, 5.74) is 2.02. The van der Waals surface area contributed by atoms with Crippen molar-refractivity contribution < 1.29 is 14.3 Å². The monoisotopic (exact) mass is 398 g/mol. The second-order valence-electron chi connectivity index (χ2n) is 6.37.